The Labute approximate surface area is 132 Å². The Kier molecular flexibility index (Phi) is 4.55. The van der Waals surface area contributed by atoms with E-state index in [-0.39, 0.29) is 16.3 Å². The van der Waals surface area contributed by atoms with E-state index in [0.29, 0.717) is 6.07 Å². The summed E-state index contributed by atoms with van der Waals surface area (Å²) in [5.41, 5.74) is -1.70. The number of rotatable bonds is 3. The number of carbonyl (C=O) groups excluding carboxylic acids is 1. The summed E-state index contributed by atoms with van der Waals surface area (Å²) >= 11 is 5.72. The van der Waals surface area contributed by atoms with E-state index in [1.54, 1.807) is 0 Å². The SMILES string of the molecule is O=C(Nc1ccc(C(F)(F)F)cc1Cl)c1ccccc1[N+](=O)[O-]. The largest absolute Gasteiger partial charge is 0.416 e. The minimum atomic E-state index is -4.57. The number of nitrogens with zero attached hydrogens (tertiary/aromatic N) is 1. The Balaban J connectivity index is 2.30. The molecular formula is C14H8ClF3N2O3. The maximum absolute atomic E-state index is 12.5. The molecule has 0 fully saturated rings. The first kappa shape index (κ1) is 16.8. The van der Waals surface area contributed by atoms with E-state index in [9.17, 15) is 28.1 Å². The number of anilines is 1. The number of hydrogen-bond donors (Lipinski definition) is 1. The van der Waals surface area contributed by atoms with Gasteiger partial charge in [-0.05, 0) is 24.3 Å². The highest BCUT2D eigenvalue weighted by molar-refractivity contribution is 6.34. The molecular weight excluding hydrogens is 337 g/mol. The van der Waals surface area contributed by atoms with Crippen molar-refractivity contribution in [3.05, 3.63) is 68.7 Å². The fourth-order valence-corrected chi connectivity index (χ4v) is 2.04. The Hall–Kier alpha value is -2.61. The maximum atomic E-state index is 12.5. The lowest BCUT2D eigenvalue weighted by atomic mass is 10.1. The quantitative estimate of drug-likeness (QED) is 0.657. The second-order valence-corrected chi connectivity index (χ2v) is 4.83. The third-order valence-corrected chi connectivity index (χ3v) is 3.20. The molecule has 2 aromatic carbocycles. The number of amides is 1. The highest BCUT2D eigenvalue weighted by atomic mass is 35.5. The van der Waals surface area contributed by atoms with Crippen molar-refractivity contribution in [2.75, 3.05) is 5.32 Å². The van der Waals surface area contributed by atoms with Crippen LogP contribution in [0.2, 0.25) is 5.02 Å². The second-order valence-electron chi connectivity index (χ2n) is 4.42. The van der Waals surface area contributed by atoms with Gasteiger partial charge < -0.3 is 5.32 Å². The molecule has 2 aromatic rings. The molecule has 5 nitrogen and oxygen atoms in total. The minimum Gasteiger partial charge on any atom is -0.320 e. The lowest BCUT2D eigenvalue weighted by Crippen LogP contribution is -2.14. The van der Waals surface area contributed by atoms with Crippen molar-refractivity contribution in [3.63, 3.8) is 0 Å². The first-order valence-electron chi connectivity index (χ1n) is 6.11. The van der Waals surface area contributed by atoms with E-state index in [0.717, 1.165) is 18.2 Å². The molecule has 0 aliphatic rings. The first-order valence-corrected chi connectivity index (χ1v) is 6.49. The van der Waals surface area contributed by atoms with Gasteiger partial charge in [-0.3, -0.25) is 14.9 Å². The lowest BCUT2D eigenvalue weighted by Gasteiger charge is -2.11. The van der Waals surface area contributed by atoms with Gasteiger partial charge in [0.2, 0.25) is 0 Å². The van der Waals surface area contributed by atoms with E-state index in [1.807, 2.05) is 0 Å². The molecule has 0 aromatic heterocycles. The number of benzene rings is 2. The third kappa shape index (κ3) is 3.78. The van der Waals surface area contributed by atoms with E-state index in [4.69, 9.17) is 11.6 Å². The molecule has 23 heavy (non-hydrogen) atoms. The van der Waals surface area contributed by atoms with Gasteiger partial charge in [-0.25, -0.2) is 0 Å². The zero-order valence-electron chi connectivity index (χ0n) is 11.2. The van der Waals surface area contributed by atoms with Gasteiger partial charge in [0.15, 0.2) is 0 Å². The van der Waals surface area contributed by atoms with Crippen molar-refractivity contribution < 1.29 is 22.9 Å². The zero-order valence-corrected chi connectivity index (χ0v) is 12.0. The molecule has 0 radical (unpaired) electrons. The summed E-state index contributed by atoms with van der Waals surface area (Å²) in [6.45, 7) is 0. The summed E-state index contributed by atoms with van der Waals surface area (Å²) in [4.78, 5) is 22.2. The molecule has 1 N–H and O–H groups in total. The Morgan fingerprint density at radius 1 is 1.17 bits per heavy atom. The summed E-state index contributed by atoms with van der Waals surface area (Å²) in [7, 11) is 0. The average Bonchev–Trinajstić information content (AvgIpc) is 2.48. The Bertz CT molecular complexity index is 778. The van der Waals surface area contributed by atoms with Gasteiger partial charge >= 0.3 is 6.18 Å². The average molecular weight is 345 g/mol. The normalized spacial score (nSPS) is 11.1. The van der Waals surface area contributed by atoms with Gasteiger partial charge in [0.25, 0.3) is 11.6 Å². The van der Waals surface area contributed by atoms with Crippen LogP contribution < -0.4 is 5.32 Å². The van der Waals surface area contributed by atoms with Crippen molar-refractivity contribution >= 4 is 28.9 Å². The number of para-hydroxylation sites is 1. The maximum Gasteiger partial charge on any atom is 0.416 e. The predicted octanol–water partition coefficient (Wildman–Crippen LogP) is 4.52. The number of alkyl halides is 3. The van der Waals surface area contributed by atoms with Crippen LogP contribution in [0.4, 0.5) is 24.5 Å². The van der Waals surface area contributed by atoms with Crippen LogP contribution in [0.3, 0.4) is 0 Å². The van der Waals surface area contributed by atoms with Gasteiger partial charge in [-0.2, -0.15) is 13.2 Å². The molecule has 0 heterocycles. The van der Waals surface area contributed by atoms with E-state index in [2.05, 4.69) is 5.32 Å². The standard InChI is InChI=1S/C14H8ClF3N2O3/c15-10-7-8(14(16,17)18)5-6-11(10)19-13(21)9-3-1-2-4-12(9)20(22)23/h1-7H,(H,19,21). The molecule has 2 rings (SSSR count). The van der Waals surface area contributed by atoms with Gasteiger partial charge in [-0.15, -0.1) is 0 Å². The zero-order chi connectivity index (χ0) is 17.2. The number of halogens is 4. The summed E-state index contributed by atoms with van der Waals surface area (Å²) in [5.74, 6) is -0.848. The highest BCUT2D eigenvalue weighted by Gasteiger charge is 2.31. The number of nitro groups is 1. The van der Waals surface area contributed by atoms with Gasteiger partial charge in [0.1, 0.15) is 5.56 Å². The Morgan fingerprint density at radius 2 is 1.83 bits per heavy atom. The number of hydrogen-bond acceptors (Lipinski definition) is 3. The molecule has 0 aliphatic carbocycles. The van der Waals surface area contributed by atoms with E-state index in [1.165, 1.54) is 18.2 Å². The predicted molar refractivity (Wildman–Crippen MR) is 77.5 cm³/mol. The smallest absolute Gasteiger partial charge is 0.320 e. The molecule has 0 saturated heterocycles. The van der Waals surface area contributed by atoms with Crippen molar-refractivity contribution in [2.24, 2.45) is 0 Å². The van der Waals surface area contributed by atoms with Gasteiger partial charge in [0.05, 0.1) is 21.2 Å². The van der Waals surface area contributed by atoms with Crippen LogP contribution in [0.1, 0.15) is 15.9 Å². The van der Waals surface area contributed by atoms with Crippen LogP contribution in [0.15, 0.2) is 42.5 Å². The molecule has 0 unspecified atom stereocenters. The van der Waals surface area contributed by atoms with Crippen molar-refractivity contribution in [3.8, 4) is 0 Å². The molecule has 0 aliphatic heterocycles. The second kappa shape index (κ2) is 6.25. The summed E-state index contributed by atoms with van der Waals surface area (Å²) in [5, 5.41) is 12.8. The van der Waals surface area contributed by atoms with E-state index < -0.39 is 28.3 Å². The fraction of sp³-hybridized carbons (Fsp3) is 0.0714. The van der Waals surface area contributed by atoms with Crippen molar-refractivity contribution in [2.45, 2.75) is 6.18 Å². The summed E-state index contributed by atoms with van der Waals surface area (Å²) < 4.78 is 37.6. The molecule has 9 heteroatoms. The monoisotopic (exact) mass is 344 g/mol. The number of carbonyl (C=O) groups is 1. The third-order valence-electron chi connectivity index (χ3n) is 2.89. The van der Waals surface area contributed by atoms with Crippen LogP contribution >= 0.6 is 11.6 Å². The molecule has 1 amide bonds. The lowest BCUT2D eigenvalue weighted by molar-refractivity contribution is -0.385. The molecule has 0 spiro atoms. The van der Waals surface area contributed by atoms with Crippen molar-refractivity contribution in [1.29, 1.82) is 0 Å². The van der Waals surface area contributed by atoms with Gasteiger partial charge in [-0.1, -0.05) is 23.7 Å². The fourth-order valence-electron chi connectivity index (χ4n) is 1.81. The topological polar surface area (TPSA) is 72.2 Å². The molecule has 0 atom stereocenters. The number of nitro benzene ring substituents is 1. The minimum absolute atomic E-state index is 0.0807. The van der Waals surface area contributed by atoms with Crippen LogP contribution in [-0.2, 0) is 6.18 Å². The first-order chi connectivity index (χ1) is 10.7. The molecule has 120 valence electrons. The van der Waals surface area contributed by atoms with Crippen LogP contribution in [0, 0.1) is 10.1 Å². The summed E-state index contributed by atoms with van der Waals surface area (Å²) in [6.07, 6.45) is -4.57. The van der Waals surface area contributed by atoms with Crippen molar-refractivity contribution in [1.82, 2.24) is 0 Å². The van der Waals surface area contributed by atoms with Gasteiger partial charge in [0, 0.05) is 6.07 Å². The van der Waals surface area contributed by atoms with Crippen LogP contribution in [0.25, 0.3) is 0 Å². The highest BCUT2D eigenvalue weighted by Crippen LogP contribution is 2.34. The summed E-state index contributed by atoms with van der Waals surface area (Å²) in [6, 6.07) is 7.58. The Morgan fingerprint density at radius 3 is 2.39 bits per heavy atom. The number of nitrogens with one attached hydrogen (secondary N) is 1. The van der Waals surface area contributed by atoms with E-state index >= 15 is 0 Å². The van der Waals surface area contributed by atoms with Crippen LogP contribution in [-0.4, -0.2) is 10.8 Å². The molecule has 0 bridgehead atoms. The molecule has 0 saturated carbocycles. The van der Waals surface area contributed by atoms with Crippen LogP contribution in [0.5, 0.6) is 0 Å².